The maximum atomic E-state index is 5.44. The zero-order chi connectivity index (χ0) is 13.4. The monoisotopic (exact) mass is 261 g/mol. The predicted molar refractivity (Wildman–Crippen MR) is 73.7 cm³/mol. The smallest absolute Gasteiger partial charge is 0.243 e. The normalized spacial score (nSPS) is 28.8. The van der Waals surface area contributed by atoms with Crippen LogP contribution in [0, 0.1) is 11.8 Å². The van der Waals surface area contributed by atoms with Crippen molar-refractivity contribution in [3.05, 3.63) is 23.9 Å². The van der Waals surface area contributed by atoms with Gasteiger partial charge in [-0.15, -0.1) is 0 Å². The molecule has 2 heterocycles. The van der Waals surface area contributed by atoms with Crippen LogP contribution in [0.1, 0.15) is 57.3 Å². The summed E-state index contributed by atoms with van der Waals surface area (Å²) in [6, 6.07) is 0.241. The van der Waals surface area contributed by atoms with E-state index in [-0.39, 0.29) is 6.04 Å². The van der Waals surface area contributed by atoms with Crippen LogP contribution in [0.15, 0.2) is 16.7 Å². The Bertz CT molecular complexity index is 450. The third-order valence-electron chi connectivity index (χ3n) is 4.53. The molecule has 1 aliphatic carbocycles. The second-order valence-corrected chi connectivity index (χ2v) is 6.24. The Hall–Kier alpha value is -1.16. The summed E-state index contributed by atoms with van der Waals surface area (Å²) >= 11 is 0. The Labute approximate surface area is 114 Å². The van der Waals surface area contributed by atoms with Gasteiger partial charge in [-0.3, -0.25) is 4.90 Å². The average Bonchev–Trinajstić information content (AvgIpc) is 3.04. The van der Waals surface area contributed by atoms with Gasteiger partial charge in [0.15, 0.2) is 5.82 Å². The van der Waals surface area contributed by atoms with Crippen LogP contribution >= 0.6 is 0 Å². The molecule has 104 valence electrons. The first-order chi connectivity index (χ1) is 9.15. The highest BCUT2D eigenvalue weighted by atomic mass is 16.5. The predicted octanol–water partition coefficient (Wildman–Crippen LogP) is 3.15. The molecule has 1 aromatic heterocycles. The number of nitrogens with zero attached hydrogens (tertiary/aromatic N) is 3. The first-order valence-electron chi connectivity index (χ1n) is 7.37. The summed E-state index contributed by atoms with van der Waals surface area (Å²) in [7, 11) is 0. The van der Waals surface area contributed by atoms with Crippen molar-refractivity contribution < 1.29 is 4.52 Å². The summed E-state index contributed by atoms with van der Waals surface area (Å²) in [5.74, 6) is 3.56. The molecular formula is C15H23N3O. The van der Waals surface area contributed by atoms with Gasteiger partial charge in [-0.2, -0.15) is 4.98 Å². The second kappa shape index (κ2) is 5.08. The SMILES string of the molecule is CC(C)c1noc(C(C)N2CC3CC=CCC3C2)n1. The third-order valence-corrected chi connectivity index (χ3v) is 4.53. The van der Waals surface area contributed by atoms with Gasteiger partial charge in [-0.25, -0.2) is 0 Å². The van der Waals surface area contributed by atoms with E-state index in [0.717, 1.165) is 36.6 Å². The molecule has 0 bridgehead atoms. The number of aromatic nitrogens is 2. The van der Waals surface area contributed by atoms with Gasteiger partial charge in [0.05, 0.1) is 6.04 Å². The van der Waals surface area contributed by atoms with E-state index in [1.165, 1.54) is 12.8 Å². The molecule has 1 fully saturated rings. The molecule has 2 aliphatic rings. The molecule has 3 rings (SSSR count). The van der Waals surface area contributed by atoms with Crippen molar-refractivity contribution >= 4 is 0 Å². The maximum absolute atomic E-state index is 5.44. The molecule has 0 spiro atoms. The van der Waals surface area contributed by atoms with Crippen LogP contribution in [-0.4, -0.2) is 28.1 Å². The lowest BCUT2D eigenvalue weighted by Crippen LogP contribution is -2.25. The molecular weight excluding hydrogens is 238 g/mol. The molecule has 1 aromatic rings. The number of likely N-dealkylation sites (tertiary alicyclic amines) is 1. The summed E-state index contributed by atoms with van der Waals surface area (Å²) in [6.07, 6.45) is 7.13. The van der Waals surface area contributed by atoms with Crippen LogP contribution in [0.5, 0.6) is 0 Å². The molecule has 4 nitrogen and oxygen atoms in total. The minimum absolute atomic E-state index is 0.241. The van der Waals surface area contributed by atoms with Crippen molar-refractivity contribution in [2.45, 2.75) is 45.6 Å². The second-order valence-electron chi connectivity index (χ2n) is 6.24. The quantitative estimate of drug-likeness (QED) is 0.784. The van der Waals surface area contributed by atoms with Gasteiger partial charge in [0, 0.05) is 19.0 Å². The third kappa shape index (κ3) is 2.46. The first-order valence-corrected chi connectivity index (χ1v) is 7.37. The molecule has 0 N–H and O–H groups in total. The highest BCUT2D eigenvalue weighted by Gasteiger charge is 2.36. The van der Waals surface area contributed by atoms with E-state index < -0.39 is 0 Å². The average molecular weight is 261 g/mol. The van der Waals surface area contributed by atoms with E-state index in [0.29, 0.717) is 5.92 Å². The molecule has 0 radical (unpaired) electrons. The van der Waals surface area contributed by atoms with Gasteiger partial charge in [-0.05, 0) is 31.6 Å². The van der Waals surface area contributed by atoms with Crippen LogP contribution in [0.2, 0.25) is 0 Å². The maximum Gasteiger partial charge on any atom is 0.243 e. The van der Waals surface area contributed by atoms with E-state index in [4.69, 9.17) is 4.52 Å². The lowest BCUT2D eigenvalue weighted by molar-refractivity contribution is 0.200. The minimum atomic E-state index is 0.241. The Morgan fingerprint density at radius 1 is 1.16 bits per heavy atom. The topological polar surface area (TPSA) is 42.2 Å². The summed E-state index contributed by atoms with van der Waals surface area (Å²) in [5.41, 5.74) is 0. The van der Waals surface area contributed by atoms with Gasteiger partial charge >= 0.3 is 0 Å². The van der Waals surface area contributed by atoms with Crippen molar-refractivity contribution in [2.24, 2.45) is 11.8 Å². The highest BCUT2D eigenvalue weighted by Crippen LogP contribution is 2.36. The summed E-state index contributed by atoms with van der Waals surface area (Å²) in [6.45, 7) is 8.69. The fourth-order valence-electron chi connectivity index (χ4n) is 3.17. The van der Waals surface area contributed by atoms with Crippen LogP contribution in [0.25, 0.3) is 0 Å². The summed E-state index contributed by atoms with van der Waals surface area (Å²) < 4.78 is 5.44. The van der Waals surface area contributed by atoms with Gasteiger partial charge < -0.3 is 4.52 Å². The van der Waals surface area contributed by atoms with Crippen molar-refractivity contribution in [3.63, 3.8) is 0 Å². The summed E-state index contributed by atoms with van der Waals surface area (Å²) in [4.78, 5) is 7.04. The molecule has 0 saturated carbocycles. The van der Waals surface area contributed by atoms with E-state index in [1.54, 1.807) is 0 Å². The zero-order valence-electron chi connectivity index (χ0n) is 12.0. The van der Waals surface area contributed by atoms with E-state index in [9.17, 15) is 0 Å². The van der Waals surface area contributed by atoms with Gasteiger partial charge in [0.1, 0.15) is 0 Å². The molecule has 3 atom stereocenters. The van der Waals surface area contributed by atoms with Gasteiger partial charge in [0.25, 0.3) is 0 Å². The van der Waals surface area contributed by atoms with Crippen LogP contribution in [0.4, 0.5) is 0 Å². The van der Waals surface area contributed by atoms with Crippen molar-refractivity contribution in [1.29, 1.82) is 0 Å². The molecule has 1 saturated heterocycles. The first kappa shape index (κ1) is 12.9. The lowest BCUT2D eigenvalue weighted by Gasteiger charge is -2.20. The Kier molecular flexibility index (Phi) is 3.44. The van der Waals surface area contributed by atoms with Crippen LogP contribution in [-0.2, 0) is 0 Å². The van der Waals surface area contributed by atoms with Gasteiger partial charge in [-0.1, -0.05) is 31.2 Å². The number of allylic oxidation sites excluding steroid dienone is 2. The van der Waals surface area contributed by atoms with Crippen LogP contribution < -0.4 is 0 Å². The fraction of sp³-hybridized carbons (Fsp3) is 0.733. The van der Waals surface area contributed by atoms with Gasteiger partial charge in [0.2, 0.25) is 5.89 Å². The largest absolute Gasteiger partial charge is 0.338 e. The molecule has 1 aliphatic heterocycles. The van der Waals surface area contributed by atoms with E-state index >= 15 is 0 Å². The lowest BCUT2D eigenvalue weighted by atomic mass is 9.86. The Morgan fingerprint density at radius 3 is 2.32 bits per heavy atom. The van der Waals surface area contributed by atoms with Crippen LogP contribution in [0.3, 0.4) is 0 Å². The molecule has 4 heteroatoms. The molecule has 0 aromatic carbocycles. The zero-order valence-corrected chi connectivity index (χ0v) is 12.0. The molecule has 19 heavy (non-hydrogen) atoms. The number of hydrogen-bond acceptors (Lipinski definition) is 4. The molecule has 3 unspecified atom stereocenters. The standard InChI is InChI=1S/C15H23N3O/c1-10(2)14-16-15(19-17-14)11(3)18-8-12-6-4-5-7-13(12)9-18/h4-5,10-13H,6-9H2,1-3H3. The number of fused-ring (bicyclic) bond motifs is 1. The minimum Gasteiger partial charge on any atom is -0.338 e. The van der Waals surface area contributed by atoms with Crippen molar-refractivity contribution in [3.8, 4) is 0 Å². The summed E-state index contributed by atoms with van der Waals surface area (Å²) in [5, 5.41) is 4.07. The van der Waals surface area contributed by atoms with Crippen molar-refractivity contribution in [2.75, 3.05) is 13.1 Å². The Morgan fingerprint density at radius 2 is 1.79 bits per heavy atom. The van der Waals surface area contributed by atoms with Crippen molar-refractivity contribution in [1.82, 2.24) is 15.0 Å². The Balaban J connectivity index is 1.69. The number of hydrogen-bond donors (Lipinski definition) is 0. The van der Waals surface area contributed by atoms with E-state index in [1.807, 2.05) is 0 Å². The highest BCUT2D eigenvalue weighted by molar-refractivity contribution is 5.03. The van der Waals surface area contributed by atoms with E-state index in [2.05, 4.69) is 48.0 Å². The fourth-order valence-corrected chi connectivity index (χ4v) is 3.17. The molecule has 0 amide bonds. The number of rotatable bonds is 3.